The molecule has 0 spiro atoms. The first kappa shape index (κ1) is 25.1. The van der Waals surface area contributed by atoms with Gasteiger partial charge in [-0.3, -0.25) is 20.0 Å². The maximum absolute atomic E-state index is 13.4. The molecule has 0 bridgehead atoms. The summed E-state index contributed by atoms with van der Waals surface area (Å²) in [5.74, 6) is -0.995. The molecule has 11 nitrogen and oxygen atoms in total. The number of nitrogens with one attached hydrogen (secondary N) is 2. The van der Waals surface area contributed by atoms with Crippen molar-refractivity contribution in [3.05, 3.63) is 23.4 Å². The van der Waals surface area contributed by atoms with E-state index < -0.39 is 18.1 Å². The Balaban J connectivity index is 1.42. The summed E-state index contributed by atoms with van der Waals surface area (Å²) in [6, 6.07) is 1.98. The molecule has 4 heterocycles. The number of carbonyl (C=O) groups is 1. The third-order valence-corrected chi connectivity index (χ3v) is 7.45. The number of nitrogens with zero attached hydrogens (tertiary/aromatic N) is 5. The Morgan fingerprint density at radius 3 is 2.74 bits per heavy atom. The van der Waals surface area contributed by atoms with Crippen LogP contribution in [-0.2, 0) is 9.53 Å². The minimum Gasteiger partial charge on any atom is -0.379 e. The first-order valence-electron chi connectivity index (χ1n) is 11.9. The molecule has 4 rings (SSSR count). The molecule has 4 unspecified atom stereocenters. The number of halogens is 1. The molecule has 12 heteroatoms. The standard InChI is InChI=1S/C22H35ClN8O3/c1-14(24)20(21-26-9-15(23)11-31(21)28-33)22(32)27-18-10-25-6-3-19(18)29-7-4-16(5-8-29)30-12-17(13-30)34-2/h3,6,10,14-17,20-21,26H,4-5,7-9,11-13,24H2,1-2H3,(H,27,32). The molecule has 188 valence electrons. The van der Waals surface area contributed by atoms with Gasteiger partial charge in [-0.05, 0) is 25.8 Å². The zero-order valence-electron chi connectivity index (χ0n) is 19.8. The lowest BCUT2D eigenvalue weighted by Gasteiger charge is -2.47. The number of alkyl halides is 1. The number of likely N-dealkylation sites (tertiary alicyclic amines) is 1. The number of hydrogen-bond donors (Lipinski definition) is 3. The summed E-state index contributed by atoms with van der Waals surface area (Å²) in [6.45, 7) is 6.27. The summed E-state index contributed by atoms with van der Waals surface area (Å²) >= 11 is 6.16. The molecule has 0 saturated carbocycles. The van der Waals surface area contributed by atoms with Gasteiger partial charge in [0.1, 0.15) is 6.17 Å². The van der Waals surface area contributed by atoms with Gasteiger partial charge in [0.05, 0.1) is 46.8 Å². The molecule has 3 aliphatic heterocycles. The van der Waals surface area contributed by atoms with Crippen LogP contribution in [0.4, 0.5) is 11.4 Å². The van der Waals surface area contributed by atoms with Crippen LogP contribution in [-0.4, -0.2) is 96.9 Å². The van der Waals surface area contributed by atoms with Crippen molar-refractivity contribution in [2.75, 3.05) is 56.6 Å². The number of piperidine rings is 1. The SMILES string of the molecule is COC1CN(C2CCN(c3ccncc3NC(=O)C(C(C)N)C3NCC(Cl)CN3N=O)CC2)C1. The van der Waals surface area contributed by atoms with Crippen molar-refractivity contribution in [2.24, 2.45) is 16.9 Å². The number of methoxy groups -OCH3 is 1. The van der Waals surface area contributed by atoms with Crippen molar-refractivity contribution < 1.29 is 9.53 Å². The highest BCUT2D eigenvalue weighted by Gasteiger charge is 2.40. The molecule has 0 aliphatic carbocycles. The third kappa shape index (κ3) is 5.44. The highest BCUT2D eigenvalue weighted by Crippen LogP contribution is 2.31. The Kier molecular flexibility index (Phi) is 8.20. The minimum absolute atomic E-state index is 0.258. The normalized spacial score (nSPS) is 26.6. The minimum atomic E-state index is -0.708. The van der Waals surface area contributed by atoms with Crippen LogP contribution in [0, 0.1) is 10.8 Å². The summed E-state index contributed by atoms with van der Waals surface area (Å²) < 4.78 is 5.40. The van der Waals surface area contributed by atoms with Gasteiger partial charge in [0, 0.05) is 58.1 Å². The highest BCUT2D eigenvalue weighted by molar-refractivity contribution is 6.21. The second-order valence-electron chi connectivity index (χ2n) is 9.45. The van der Waals surface area contributed by atoms with E-state index in [2.05, 4.69) is 30.7 Å². The van der Waals surface area contributed by atoms with Gasteiger partial charge in [0.2, 0.25) is 5.91 Å². The molecule has 0 aromatic carbocycles. The summed E-state index contributed by atoms with van der Waals surface area (Å²) in [5.41, 5.74) is 7.77. The summed E-state index contributed by atoms with van der Waals surface area (Å²) in [6.07, 6.45) is 5.24. The van der Waals surface area contributed by atoms with E-state index in [1.54, 1.807) is 26.4 Å². The number of hydrogen-bond acceptors (Lipinski definition) is 9. The molecule has 3 fully saturated rings. The van der Waals surface area contributed by atoms with Gasteiger partial charge in [-0.2, -0.15) is 0 Å². The summed E-state index contributed by atoms with van der Waals surface area (Å²) in [5, 5.41) is 10.2. The van der Waals surface area contributed by atoms with Crippen LogP contribution >= 0.6 is 11.6 Å². The van der Waals surface area contributed by atoms with Crippen LogP contribution in [0.3, 0.4) is 0 Å². The average Bonchev–Trinajstić information content (AvgIpc) is 2.80. The van der Waals surface area contributed by atoms with E-state index in [1.165, 1.54) is 5.01 Å². The predicted molar refractivity (Wildman–Crippen MR) is 132 cm³/mol. The molecule has 3 aliphatic rings. The molecule has 34 heavy (non-hydrogen) atoms. The van der Waals surface area contributed by atoms with E-state index >= 15 is 0 Å². The van der Waals surface area contributed by atoms with Gasteiger partial charge < -0.3 is 20.7 Å². The highest BCUT2D eigenvalue weighted by atomic mass is 35.5. The van der Waals surface area contributed by atoms with Gasteiger partial charge in [-0.15, -0.1) is 16.5 Å². The smallest absolute Gasteiger partial charge is 0.232 e. The lowest BCUT2D eigenvalue weighted by molar-refractivity contribution is -0.123. The predicted octanol–water partition coefficient (Wildman–Crippen LogP) is 0.803. The number of nitroso groups, excluding NO2 is 1. The number of amides is 1. The quantitative estimate of drug-likeness (QED) is 0.355. The second-order valence-corrected chi connectivity index (χ2v) is 10.1. The Morgan fingerprint density at radius 1 is 1.35 bits per heavy atom. The van der Waals surface area contributed by atoms with E-state index in [0.29, 0.717) is 24.4 Å². The lowest BCUT2D eigenvalue weighted by Crippen LogP contribution is -2.62. The molecule has 4 N–H and O–H groups in total. The van der Waals surface area contributed by atoms with E-state index in [9.17, 15) is 9.70 Å². The number of rotatable bonds is 8. The van der Waals surface area contributed by atoms with Gasteiger partial charge in [-0.1, -0.05) is 0 Å². The first-order valence-corrected chi connectivity index (χ1v) is 12.3. The van der Waals surface area contributed by atoms with Gasteiger partial charge >= 0.3 is 0 Å². The van der Waals surface area contributed by atoms with Crippen molar-refractivity contribution in [3.8, 4) is 0 Å². The van der Waals surface area contributed by atoms with Crippen molar-refractivity contribution >= 4 is 28.9 Å². The molecule has 4 atom stereocenters. The fraction of sp³-hybridized carbons (Fsp3) is 0.727. The molecular formula is C22H35ClN8O3. The Labute approximate surface area is 205 Å². The maximum atomic E-state index is 13.4. The third-order valence-electron chi connectivity index (χ3n) is 7.16. The molecule has 1 aromatic heterocycles. The van der Waals surface area contributed by atoms with Crippen LogP contribution in [0.1, 0.15) is 19.8 Å². The lowest BCUT2D eigenvalue weighted by atomic mass is 9.95. The van der Waals surface area contributed by atoms with Crippen LogP contribution in [0.15, 0.2) is 23.7 Å². The fourth-order valence-corrected chi connectivity index (χ4v) is 5.40. The molecule has 0 radical (unpaired) electrons. The second kappa shape index (κ2) is 11.1. The van der Waals surface area contributed by atoms with Crippen molar-refractivity contribution in [1.29, 1.82) is 0 Å². The zero-order valence-corrected chi connectivity index (χ0v) is 20.5. The Hall–Kier alpha value is -2.05. The van der Waals surface area contributed by atoms with Crippen molar-refractivity contribution in [3.63, 3.8) is 0 Å². The Morgan fingerprint density at radius 2 is 2.09 bits per heavy atom. The van der Waals surface area contributed by atoms with E-state index in [0.717, 1.165) is 44.7 Å². The van der Waals surface area contributed by atoms with Crippen LogP contribution in [0.25, 0.3) is 0 Å². The molecule has 1 aromatic rings. The van der Waals surface area contributed by atoms with Crippen molar-refractivity contribution in [1.82, 2.24) is 20.2 Å². The summed E-state index contributed by atoms with van der Waals surface area (Å²) in [4.78, 5) is 33.8. The number of aromatic nitrogens is 1. The van der Waals surface area contributed by atoms with Crippen molar-refractivity contribution in [2.45, 2.75) is 49.5 Å². The van der Waals surface area contributed by atoms with Gasteiger partial charge in [0.25, 0.3) is 0 Å². The average molecular weight is 495 g/mol. The van der Waals surface area contributed by atoms with Crippen LogP contribution < -0.4 is 21.3 Å². The fourth-order valence-electron chi connectivity index (χ4n) is 5.17. The van der Waals surface area contributed by atoms with Crippen LogP contribution in [0.2, 0.25) is 0 Å². The van der Waals surface area contributed by atoms with Crippen LogP contribution in [0.5, 0.6) is 0 Å². The monoisotopic (exact) mass is 494 g/mol. The van der Waals surface area contributed by atoms with Gasteiger partial charge in [-0.25, -0.2) is 5.01 Å². The molecular weight excluding hydrogens is 460 g/mol. The van der Waals surface area contributed by atoms with Gasteiger partial charge in [0.15, 0.2) is 0 Å². The Bertz CT molecular complexity index is 847. The number of nitrogens with two attached hydrogens (primary N) is 1. The molecule has 1 amide bonds. The largest absolute Gasteiger partial charge is 0.379 e. The summed E-state index contributed by atoms with van der Waals surface area (Å²) in [7, 11) is 1.77. The maximum Gasteiger partial charge on any atom is 0.232 e. The number of ether oxygens (including phenoxy) is 1. The topological polar surface area (TPSA) is 128 Å². The van der Waals surface area contributed by atoms with E-state index in [1.807, 2.05) is 6.07 Å². The van der Waals surface area contributed by atoms with E-state index in [-0.39, 0.29) is 17.8 Å². The number of pyridine rings is 1. The molecule has 3 saturated heterocycles. The van der Waals surface area contributed by atoms with E-state index in [4.69, 9.17) is 22.1 Å². The zero-order chi connectivity index (χ0) is 24.2. The number of carbonyl (C=O) groups excluding carboxylic acids is 1. The first-order chi connectivity index (χ1) is 16.4. The number of anilines is 2.